The van der Waals surface area contributed by atoms with E-state index in [2.05, 4.69) is 15.0 Å². The number of hydrogen-bond acceptors (Lipinski definition) is 5. The van der Waals surface area contributed by atoms with E-state index < -0.39 is 0 Å². The standard InChI is InChI=1S/C15H15N5O2/c16-15-18-13-12(14(22)19-15)17-9-20(13)8-4-7-11(21)10-5-2-1-3-6-10/h1-3,5-6,9H,4,7-8H2,(H3,16,18,19,22). The summed E-state index contributed by atoms with van der Waals surface area (Å²) in [5.74, 6) is 0.148. The molecule has 2 heterocycles. The number of anilines is 1. The van der Waals surface area contributed by atoms with Crippen molar-refractivity contribution in [2.45, 2.75) is 19.4 Å². The average molecular weight is 297 g/mol. The van der Waals surface area contributed by atoms with E-state index in [9.17, 15) is 9.59 Å². The number of ketones is 1. The first-order valence-electron chi connectivity index (χ1n) is 6.94. The first-order valence-corrected chi connectivity index (χ1v) is 6.94. The molecule has 1 aromatic carbocycles. The molecule has 0 aliphatic heterocycles. The van der Waals surface area contributed by atoms with Crippen LogP contribution in [0.5, 0.6) is 0 Å². The Labute approximate surface area is 125 Å². The molecule has 7 nitrogen and oxygen atoms in total. The van der Waals surface area contributed by atoms with E-state index in [0.29, 0.717) is 30.6 Å². The Kier molecular flexibility index (Phi) is 3.69. The number of nitrogens with zero attached hydrogens (tertiary/aromatic N) is 3. The normalized spacial score (nSPS) is 10.9. The molecule has 2 aromatic heterocycles. The molecular weight excluding hydrogens is 282 g/mol. The molecule has 0 spiro atoms. The number of Topliss-reactive ketones (excluding diaryl/α,β-unsaturated/α-hetero) is 1. The van der Waals surface area contributed by atoms with E-state index in [4.69, 9.17) is 5.73 Å². The lowest BCUT2D eigenvalue weighted by Gasteiger charge is -2.04. The number of carbonyl (C=O) groups is 1. The van der Waals surface area contributed by atoms with Crippen molar-refractivity contribution in [1.29, 1.82) is 0 Å². The van der Waals surface area contributed by atoms with Gasteiger partial charge >= 0.3 is 0 Å². The fraction of sp³-hybridized carbons (Fsp3) is 0.200. The van der Waals surface area contributed by atoms with Crippen LogP contribution in [0.15, 0.2) is 41.5 Å². The fourth-order valence-corrected chi connectivity index (χ4v) is 2.31. The van der Waals surface area contributed by atoms with E-state index in [1.165, 1.54) is 0 Å². The summed E-state index contributed by atoms with van der Waals surface area (Å²) in [6, 6.07) is 9.17. The summed E-state index contributed by atoms with van der Waals surface area (Å²) in [4.78, 5) is 34.2. The van der Waals surface area contributed by atoms with Crippen LogP contribution >= 0.6 is 0 Å². The molecule has 0 amide bonds. The van der Waals surface area contributed by atoms with Crippen molar-refractivity contribution < 1.29 is 4.79 Å². The van der Waals surface area contributed by atoms with E-state index in [0.717, 1.165) is 0 Å². The second-order valence-corrected chi connectivity index (χ2v) is 4.95. The van der Waals surface area contributed by atoms with Crippen LogP contribution in [0, 0.1) is 0 Å². The summed E-state index contributed by atoms with van der Waals surface area (Å²) in [5.41, 5.74) is 6.58. The maximum Gasteiger partial charge on any atom is 0.280 e. The molecule has 0 bridgehead atoms. The topological polar surface area (TPSA) is 107 Å². The quantitative estimate of drug-likeness (QED) is 0.692. The van der Waals surface area contributed by atoms with Gasteiger partial charge in [-0.05, 0) is 6.42 Å². The van der Waals surface area contributed by atoms with Gasteiger partial charge in [0.25, 0.3) is 5.56 Å². The van der Waals surface area contributed by atoms with Crippen molar-refractivity contribution in [2.75, 3.05) is 5.73 Å². The van der Waals surface area contributed by atoms with Crippen LogP contribution in [0.2, 0.25) is 0 Å². The molecule has 0 aliphatic carbocycles. The molecule has 0 radical (unpaired) electrons. The first kappa shape index (κ1) is 14.0. The molecule has 0 saturated carbocycles. The van der Waals surface area contributed by atoms with E-state index in [1.807, 2.05) is 18.2 Å². The molecule has 22 heavy (non-hydrogen) atoms. The number of rotatable bonds is 5. The van der Waals surface area contributed by atoms with Crippen LogP contribution < -0.4 is 11.3 Å². The van der Waals surface area contributed by atoms with Crippen molar-refractivity contribution in [3.8, 4) is 0 Å². The molecule has 7 heteroatoms. The molecule has 0 atom stereocenters. The number of imidazole rings is 1. The molecule has 0 unspecified atom stereocenters. The molecule has 3 N–H and O–H groups in total. The number of nitrogens with two attached hydrogens (primary N) is 1. The largest absolute Gasteiger partial charge is 0.369 e. The summed E-state index contributed by atoms with van der Waals surface area (Å²) in [5, 5.41) is 0. The first-order chi connectivity index (χ1) is 10.6. The number of H-pyrrole nitrogens is 1. The number of carbonyl (C=O) groups excluding carboxylic acids is 1. The number of fused-ring (bicyclic) bond motifs is 1. The molecule has 112 valence electrons. The Hall–Kier alpha value is -2.96. The minimum absolute atomic E-state index is 0.0552. The lowest BCUT2D eigenvalue weighted by atomic mass is 10.1. The van der Waals surface area contributed by atoms with Crippen molar-refractivity contribution in [1.82, 2.24) is 19.5 Å². The number of aromatic amines is 1. The second kappa shape index (κ2) is 5.80. The summed E-state index contributed by atoms with van der Waals surface area (Å²) < 4.78 is 1.74. The number of hydrogen-bond donors (Lipinski definition) is 2. The van der Waals surface area contributed by atoms with Crippen LogP contribution in [0.4, 0.5) is 5.95 Å². The monoisotopic (exact) mass is 297 g/mol. The lowest BCUT2D eigenvalue weighted by Crippen LogP contribution is -2.12. The van der Waals surface area contributed by atoms with Crippen LogP contribution in [0.25, 0.3) is 11.2 Å². The average Bonchev–Trinajstić information content (AvgIpc) is 2.91. The molecule has 0 saturated heterocycles. The Morgan fingerprint density at radius 1 is 1.27 bits per heavy atom. The zero-order valence-electron chi connectivity index (χ0n) is 11.8. The van der Waals surface area contributed by atoms with Crippen LogP contribution in [-0.2, 0) is 6.54 Å². The number of nitrogen functional groups attached to an aromatic ring is 1. The molecular formula is C15H15N5O2. The highest BCUT2D eigenvalue weighted by molar-refractivity contribution is 5.95. The zero-order valence-corrected chi connectivity index (χ0v) is 11.8. The minimum atomic E-state index is -0.360. The van der Waals surface area contributed by atoms with Crippen molar-refractivity contribution >= 4 is 22.9 Å². The van der Waals surface area contributed by atoms with Gasteiger partial charge in [0.1, 0.15) is 0 Å². The van der Waals surface area contributed by atoms with Gasteiger partial charge < -0.3 is 10.3 Å². The maximum absolute atomic E-state index is 12.0. The van der Waals surface area contributed by atoms with Crippen LogP contribution in [-0.4, -0.2) is 25.3 Å². The van der Waals surface area contributed by atoms with Gasteiger partial charge in [-0.15, -0.1) is 0 Å². The van der Waals surface area contributed by atoms with Crippen molar-refractivity contribution in [3.05, 3.63) is 52.6 Å². The van der Waals surface area contributed by atoms with Gasteiger partial charge in [-0.25, -0.2) is 4.98 Å². The Morgan fingerprint density at radius 3 is 2.82 bits per heavy atom. The third kappa shape index (κ3) is 2.73. The second-order valence-electron chi connectivity index (χ2n) is 4.95. The third-order valence-corrected chi connectivity index (χ3v) is 3.39. The Balaban J connectivity index is 1.70. The summed E-state index contributed by atoms with van der Waals surface area (Å²) in [7, 11) is 0. The number of aromatic nitrogens is 4. The number of aryl methyl sites for hydroxylation is 1. The molecule has 0 aliphatic rings. The molecule has 0 fully saturated rings. The van der Waals surface area contributed by atoms with Gasteiger partial charge in [0.05, 0.1) is 6.33 Å². The highest BCUT2D eigenvalue weighted by Crippen LogP contribution is 2.10. The van der Waals surface area contributed by atoms with Crippen molar-refractivity contribution in [3.63, 3.8) is 0 Å². The van der Waals surface area contributed by atoms with Crippen molar-refractivity contribution in [2.24, 2.45) is 0 Å². The number of nitrogens with one attached hydrogen (secondary N) is 1. The molecule has 3 rings (SSSR count). The minimum Gasteiger partial charge on any atom is -0.369 e. The fourth-order valence-electron chi connectivity index (χ4n) is 2.31. The van der Waals surface area contributed by atoms with Crippen LogP contribution in [0.1, 0.15) is 23.2 Å². The molecule has 3 aromatic rings. The van der Waals surface area contributed by atoms with Gasteiger partial charge in [0.15, 0.2) is 16.9 Å². The number of benzene rings is 1. The van der Waals surface area contributed by atoms with E-state index in [1.54, 1.807) is 23.0 Å². The van der Waals surface area contributed by atoms with E-state index in [-0.39, 0.29) is 22.8 Å². The SMILES string of the molecule is Nc1nc2c(ncn2CCCC(=O)c2ccccc2)c(=O)[nH]1. The smallest absolute Gasteiger partial charge is 0.280 e. The van der Waals surface area contributed by atoms with Crippen LogP contribution in [0.3, 0.4) is 0 Å². The van der Waals surface area contributed by atoms with Gasteiger partial charge in [-0.1, -0.05) is 30.3 Å². The zero-order chi connectivity index (χ0) is 15.5. The Bertz CT molecular complexity index is 867. The maximum atomic E-state index is 12.0. The summed E-state index contributed by atoms with van der Waals surface area (Å²) in [6.07, 6.45) is 2.59. The third-order valence-electron chi connectivity index (χ3n) is 3.39. The summed E-state index contributed by atoms with van der Waals surface area (Å²) >= 11 is 0. The van der Waals surface area contributed by atoms with E-state index >= 15 is 0 Å². The highest BCUT2D eigenvalue weighted by atomic mass is 16.1. The lowest BCUT2D eigenvalue weighted by molar-refractivity contribution is 0.0978. The van der Waals surface area contributed by atoms with Gasteiger partial charge in [0.2, 0.25) is 5.95 Å². The summed E-state index contributed by atoms with van der Waals surface area (Å²) in [6.45, 7) is 0.547. The van der Waals surface area contributed by atoms with Gasteiger partial charge in [-0.2, -0.15) is 4.98 Å². The highest BCUT2D eigenvalue weighted by Gasteiger charge is 2.10. The van der Waals surface area contributed by atoms with Gasteiger partial charge in [-0.3, -0.25) is 14.6 Å². The predicted molar refractivity (Wildman–Crippen MR) is 82.6 cm³/mol. The predicted octanol–water partition coefficient (Wildman–Crippen LogP) is 1.36. The van der Waals surface area contributed by atoms with Gasteiger partial charge in [0, 0.05) is 18.5 Å². The Morgan fingerprint density at radius 2 is 2.05 bits per heavy atom.